The number of rotatable bonds is 5. The molecule has 1 spiro atoms. The highest BCUT2D eigenvalue weighted by molar-refractivity contribution is 7.99. The first-order chi connectivity index (χ1) is 8.29. The Morgan fingerprint density at radius 3 is 3.06 bits per heavy atom. The highest BCUT2D eigenvalue weighted by atomic mass is 32.2. The van der Waals surface area contributed by atoms with Crippen LogP contribution in [0.5, 0.6) is 0 Å². The van der Waals surface area contributed by atoms with E-state index in [4.69, 9.17) is 10.5 Å². The lowest BCUT2D eigenvalue weighted by Crippen LogP contribution is -2.49. The molecule has 2 rings (SSSR count). The molecule has 2 aliphatic rings. The summed E-state index contributed by atoms with van der Waals surface area (Å²) in [6, 6.07) is 0.721. The van der Waals surface area contributed by atoms with Gasteiger partial charge in [0, 0.05) is 18.4 Å². The zero-order valence-corrected chi connectivity index (χ0v) is 11.8. The highest BCUT2D eigenvalue weighted by Crippen LogP contribution is 2.39. The Hall–Kier alpha value is 0.230. The third-order valence-corrected chi connectivity index (χ3v) is 5.33. The van der Waals surface area contributed by atoms with E-state index in [2.05, 4.69) is 23.6 Å². The molecule has 2 saturated heterocycles. The van der Waals surface area contributed by atoms with E-state index >= 15 is 0 Å². The van der Waals surface area contributed by atoms with E-state index in [9.17, 15) is 0 Å². The summed E-state index contributed by atoms with van der Waals surface area (Å²) in [5.41, 5.74) is 5.83. The molecule has 0 aromatic heterocycles. The zero-order chi connectivity index (χ0) is 12.1. The van der Waals surface area contributed by atoms with E-state index in [0.717, 1.165) is 38.7 Å². The lowest BCUT2D eigenvalue weighted by molar-refractivity contribution is -0.0889. The first-order valence-electron chi connectivity index (χ1n) is 6.95. The van der Waals surface area contributed by atoms with Crippen molar-refractivity contribution in [1.29, 1.82) is 0 Å². The number of ether oxygens (including phenoxy) is 1. The van der Waals surface area contributed by atoms with Crippen molar-refractivity contribution < 1.29 is 4.74 Å². The molecular weight excluding hydrogens is 232 g/mol. The molecule has 100 valence electrons. The maximum Gasteiger partial charge on any atom is 0.0795 e. The average molecular weight is 258 g/mol. The number of hydrogen-bond acceptors (Lipinski definition) is 4. The molecule has 0 aromatic rings. The molecule has 3 nitrogen and oxygen atoms in total. The van der Waals surface area contributed by atoms with E-state index < -0.39 is 0 Å². The van der Waals surface area contributed by atoms with Crippen molar-refractivity contribution in [3.05, 3.63) is 0 Å². The van der Waals surface area contributed by atoms with Gasteiger partial charge in [-0.3, -0.25) is 0 Å². The normalized spacial score (nSPS) is 33.7. The average Bonchev–Trinajstić information content (AvgIpc) is 2.78. The maximum atomic E-state index is 6.08. The number of nitrogens with zero attached hydrogens (tertiary/aromatic N) is 1. The second kappa shape index (κ2) is 6.41. The lowest BCUT2D eigenvalue weighted by atomic mass is 9.89. The van der Waals surface area contributed by atoms with Gasteiger partial charge < -0.3 is 15.4 Å². The number of nitrogens with two attached hydrogens (primary N) is 1. The number of thioether (sulfide) groups is 1. The molecule has 0 radical (unpaired) electrons. The molecule has 2 unspecified atom stereocenters. The van der Waals surface area contributed by atoms with Gasteiger partial charge in [-0.15, -0.1) is 0 Å². The molecule has 0 aliphatic carbocycles. The maximum absolute atomic E-state index is 6.08. The minimum Gasteiger partial charge on any atom is -0.374 e. The first kappa shape index (κ1) is 13.7. The molecule has 4 heteroatoms. The van der Waals surface area contributed by atoms with Crippen LogP contribution in [0, 0.1) is 0 Å². The Bertz CT molecular complexity index is 231. The molecule has 17 heavy (non-hydrogen) atoms. The zero-order valence-electron chi connectivity index (χ0n) is 11.0. The van der Waals surface area contributed by atoms with Gasteiger partial charge in [0.25, 0.3) is 0 Å². The van der Waals surface area contributed by atoms with Gasteiger partial charge in [-0.25, -0.2) is 0 Å². The van der Waals surface area contributed by atoms with Crippen LogP contribution < -0.4 is 5.73 Å². The van der Waals surface area contributed by atoms with E-state index in [-0.39, 0.29) is 5.60 Å². The summed E-state index contributed by atoms with van der Waals surface area (Å²) in [6.07, 6.45) is 4.80. The smallest absolute Gasteiger partial charge is 0.0795 e. The quantitative estimate of drug-likeness (QED) is 0.815. The molecule has 2 atom stereocenters. The molecule has 2 aliphatic heterocycles. The fourth-order valence-corrected chi connectivity index (χ4v) is 4.45. The fraction of sp³-hybridized carbons (Fsp3) is 1.00. The van der Waals surface area contributed by atoms with Crippen LogP contribution in [0.4, 0.5) is 0 Å². The molecular formula is C13H26N2OS. The molecule has 0 bridgehead atoms. The predicted octanol–water partition coefficient (Wildman–Crippen LogP) is 1.71. The van der Waals surface area contributed by atoms with Crippen LogP contribution in [-0.2, 0) is 4.74 Å². The third-order valence-electron chi connectivity index (χ3n) is 4.11. The fourth-order valence-electron chi connectivity index (χ4n) is 3.07. The molecule has 2 N–H and O–H groups in total. The van der Waals surface area contributed by atoms with Gasteiger partial charge in [0.05, 0.1) is 5.60 Å². The molecule has 0 saturated carbocycles. The highest BCUT2D eigenvalue weighted by Gasteiger charge is 2.41. The van der Waals surface area contributed by atoms with Crippen molar-refractivity contribution in [3.63, 3.8) is 0 Å². The molecule has 2 fully saturated rings. The summed E-state index contributed by atoms with van der Waals surface area (Å²) in [7, 11) is 0. The Morgan fingerprint density at radius 2 is 2.41 bits per heavy atom. The van der Waals surface area contributed by atoms with E-state index in [1.165, 1.54) is 30.8 Å². The Kier molecular flexibility index (Phi) is 5.15. The van der Waals surface area contributed by atoms with Crippen LogP contribution in [0.2, 0.25) is 0 Å². The summed E-state index contributed by atoms with van der Waals surface area (Å²) in [4.78, 5) is 2.61. The van der Waals surface area contributed by atoms with E-state index in [1.807, 2.05) is 0 Å². The van der Waals surface area contributed by atoms with Crippen molar-refractivity contribution in [3.8, 4) is 0 Å². The van der Waals surface area contributed by atoms with Crippen molar-refractivity contribution in [1.82, 2.24) is 4.90 Å². The van der Waals surface area contributed by atoms with Gasteiger partial charge in [-0.1, -0.05) is 6.92 Å². The van der Waals surface area contributed by atoms with Crippen LogP contribution in [0.15, 0.2) is 0 Å². The summed E-state index contributed by atoms with van der Waals surface area (Å²) in [5, 5.41) is 0. The summed E-state index contributed by atoms with van der Waals surface area (Å²) < 4.78 is 6.08. The molecule has 2 heterocycles. The second-order valence-electron chi connectivity index (χ2n) is 5.25. The summed E-state index contributed by atoms with van der Waals surface area (Å²) in [5.74, 6) is 2.49. The third kappa shape index (κ3) is 3.37. The summed E-state index contributed by atoms with van der Waals surface area (Å²) >= 11 is 2.06. The standard InChI is InChI=1S/C13H26N2OS/c1-2-15(7-3-6-14)12-4-8-16-13(10-12)5-9-17-11-13/h12H,2-11,14H2,1H3. The molecule has 0 amide bonds. The topological polar surface area (TPSA) is 38.5 Å². The summed E-state index contributed by atoms with van der Waals surface area (Å²) in [6.45, 7) is 6.32. The monoisotopic (exact) mass is 258 g/mol. The van der Waals surface area contributed by atoms with Gasteiger partial charge in [0.2, 0.25) is 0 Å². The minimum absolute atomic E-state index is 0.212. The Morgan fingerprint density at radius 1 is 1.53 bits per heavy atom. The van der Waals surface area contributed by atoms with Crippen LogP contribution in [0.25, 0.3) is 0 Å². The van der Waals surface area contributed by atoms with Gasteiger partial charge in [-0.05, 0) is 51.1 Å². The Labute approximate surface area is 109 Å². The van der Waals surface area contributed by atoms with Gasteiger partial charge in [0.15, 0.2) is 0 Å². The minimum atomic E-state index is 0.212. The van der Waals surface area contributed by atoms with Crippen LogP contribution in [0.3, 0.4) is 0 Å². The van der Waals surface area contributed by atoms with Crippen LogP contribution >= 0.6 is 11.8 Å². The van der Waals surface area contributed by atoms with Crippen LogP contribution in [0.1, 0.15) is 32.6 Å². The predicted molar refractivity (Wildman–Crippen MR) is 74.6 cm³/mol. The van der Waals surface area contributed by atoms with E-state index in [1.54, 1.807) is 0 Å². The largest absolute Gasteiger partial charge is 0.374 e. The van der Waals surface area contributed by atoms with E-state index in [0.29, 0.717) is 0 Å². The van der Waals surface area contributed by atoms with Crippen molar-refractivity contribution in [2.45, 2.75) is 44.2 Å². The van der Waals surface area contributed by atoms with Gasteiger partial charge in [0.1, 0.15) is 0 Å². The van der Waals surface area contributed by atoms with Gasteiger partial charge >= 0.3 is 0 Å². The van der Waals surface area contributed by atoms with Crippen molar-refractivity contribution in [2.75, 3.05) is 37.7 Å². The van der Waals surface area contributed by atoms with Crippen molar-refractivity contribution >= 4 is 11.8 Å². The van der Waals surface area contributed by atoms with Gasteiger partial charge in [-0.2, -0.15) is 11.8 Å². The second-order valence-corrected chi connectivity index (χ2v) is 6.36. The van der Waals surface area contributed by atoms with Crippen LogP contribution in [-0.4, -0.2) is 54.3 Å². The molecule has 0 aromatic carbocycles. The SMILES string of the molecule is CCN(CCCN)C1CCOC2(CCSC2)C1. The number of hydrogen-bond donors (Lipinski definition) is 1. The van der Waals surface area contributed by atoms with Crippen molar-refractivity contribution in [2.24, 2.45) is 5.73 Å². The first-order valence-corrected chi connectivity index (χ1v) is 8.11. The Balaban J connectivity index is 1.90. The lowest BCUT2D eigenvalue weighted by Gasteiger charge is -2.42.